The van der Waals surface area contributed by atoms with Crippen molar-refractivity contribution in [2.75, 3.05) is 0 Å². The second-order valence-corrected chi connectivity index (χ2v) is 4.58. The van der Waals surface area contributed by atoms with E-state index in [2.05, 4.69) is 37.0 Å². The average molecular weight is 218 g/mol. The van der Waals surface area contributed by atoms with E-state index in [0.29, 0.717) is 6.54 Å². The molecule has 0 amide bonds. The topological polar surface area (TPSA) is 38.9 Å². The number of thiazole rings is 1. The highest BCUT2D eigenvalue weighted by molar-refractivity contribution is 7.13. The van der Waals surface area contributed by atoms with Crippen molar-refractivity contribution in [3.8, 4) is 10.6 Å². The van der Waals surface area contributed by atoms with Crippen LogP contribution in [0, 0.1) is 13.8 Å². The Hall–Kier alpha value is -1.19. The van der Waals surface area contributed by atoms with E-state index in [0.717, 1.165) is 10.7 Å². The van der Waals surface area contributed by atoms with E-state index in [9.17, 15) is 0 Å². The summed E-state index contributed by atoms with van der Waals surface area (Å²) in [5, 5.41) is 3.08. The zero-order chi connectivity index (χ0) is 10.8. The fourth-order valence-corrected chi connectivity index (χ4v) is 2.45. The molecule has 0 saturated carbocycles. The fourth-order valence-electron chi connectivity index (χ4n) is 1.63. The summed E-state index contributed by atoms with van der Waals surface area (Å²) < 4.78 is 0. The van der Waals surface area contributed by atoms with Crippen LogP contribution in [0.1, 0.15) is 16.8 Å². The Labute approximate surface area is 93.8 Å². The van der Waals surface area contributed by atoms with Gasteiger partial charge in [-0.25, -0.2) is 4.98 Å². The zero-order valence-electron chi connectivity index (χ0n) is 8.95. The summed E-state index contributed by atoms with van der Waals surface area (Å²) in [7, 11) is 0. The van der Waals surface area contributed by atoms with Crippen LogP contribution in [0.25, 0.3) is 10.6 Å². The number of hydrogen-bond donors (Lipinski definition) is 1. The molecule has 1 aromatic carbocycles. The number of hydrogen-bond acceptors (Lipinski definition) is 3. The molecule has 0 fully saturated rings. The maximum atomic E-state index is 5.55. The minimum absolute atomic E-state index is 0.515. The molecule has 3 heteroatoms. The lowest BCUT2D eigenvalue weighted by atomic mass is 10.1. The van der Waals surface area contributed by atoms with Crippen LogP contribution in [-0.4, -0.2) is 4.98 Å². The van der Waals surface area contributed by atoms with E-state index in [-0.39, 0.29) is 0 Å². The molecule has 0 saturated heterocycles. The maximum absolute atomic E-state index is 5.55. The Morgan fingerprint density at radius 3 is 2.40 bits per heavy atom. The van der Waals surface area contributed by atoms with Gasteiger partial charge in [0.1, 0.15) is 5.01 Å². The maximum Gasteiger partial charge on any atom is 0.123 e. The first-order chi connectivity index (χ1) is 7.19. The highest BCUT2D eigenvalue weighted by atomic mass is 32.1. The highest BCUT2D eigenvalue weighted by Gasteiger charge is 2.04. The van der Waals surface area contributed by atoms with Crippen LogP contribution in [0.4, 0.5) is 0 Å². The monoisotopic (exact) mass is 218 g/mol. The normalized spacial score (nSPS) is 10.6. The van der Waals surface area contributed by atoms with Crippen molar-refractivity contribution >= 4 is 11.3 Å². The predicted molar refractivity (Wildman–Crippen MR) is 64.9 cm³/mol. The van der Waals surface area contributed by atoms with Crippen LogP contribution in [0.2, 0.25) is 0 Å². The van der Waals surface area contributed by atoms with Gasteiger partial charge < -0.3 is 5.73 Å². The molecule has 1 aromatic heterocycles. The first-order valence-electron chi connectivity index (χ1n) is 4.92. The summed E-state index contributed by atoms with van der Waals surface area (Å²) in [4.78, 5) is 4.47. The van der Waals surface area contributed by atoms with Crippen LogP contribution in [0.5, 0.6) is 0 Å². The summed E-state index contributed by atoms with van der Waals surface area (Å²) in [5.74, 6) is 0. The van der Waals surface area contributed by atoms with Gasteiger partial charge in [-0.2, -0.15) is 0 Å². The molecule has 0 aliphatic rings. The van der Waals surface area contributed by atoms with Crippen LogP contribution in [-0.2, 0) is 6.54 Å². The number of benzene rings is 1. The van der Waals surface area contributed by atoms with Crippen molar-refractivity contribution in [1.82, 2.24) is 4.98 Å². The summed E-state index contributed by atoms with van der Waals surface area (Å²) >= 11 is 1.65. The van der Waals surface area contributed by atoms with Gasteiger partial charge >= 0.3 is 0 Å². The van der Waals surface area contributed by atoms with E-state index >= 15 is 0 Å². The fraction of sp³-hybridized carbons (Fsp3) is 0.250. The van der Waals surface area contributed by atoms with Gasteiger partial charge in [0.15, 0.2) is 0 Å². The zero-order valence-corrected chi connectivity index (χ0v) is 9.77. The van der Waals surface area contributed by atoms with E-state index in [1.807, 2.05) is 5.38 Å². The first kappa shape index (κ1) is 10.3. The van der Waals surface area contributed by atoms with Gasteiger partial charge in [0.05, 0.1) is 5.69 Å². The quantitative estimate of drug-likeness (QED) is 0.841. The molecule has 2 nitrogen and oxygen atoms in total. The number of aromatic nitrogens is 1. The molecule has 0 unspecified atom stereocenters. The van der Waals surface area contributed by atoms with Gasteiger partial charge in [-0.3, -0.25) is 0 Å². The van der Waals surface area contributed by atoms with Gasteiger partial charge in [-0.15, -0.1) is 11.3 Å². The lowest BCUT2D eigenvalue weighted by molar-refractivity contribution is 1.01. The van der Waals surface area contributed by atoms with Crippen molar-refractivity contribution in [1.29, 1.82) is 0 Å². The molecule has 0 bridgehead atoms. The van der Waals surface area contributed by atoms with Gasteiger partial charge in [-0.1, -0.05) is 17.2 Å². The standard InChI is InChI=1S/C12H14N2S/c1-8-3-9(2)5-10(4-8)12-14-11(6-13)7-15-12/h3-5,7H,6,13H2,1-2H3. The van der Waals surface area contributed by atoms with Gasteiger partial charge in [-0.05, 0) is 26.0 Å². The largest absolute Gasteiger partial charge is 0.325 e. The second-order valence-electron chi connectivity index (χ2n) is 3.72. The number of nitrogens with zero attached hydrogens (tertiary/aromatic N) is 1. The molecule has 15 heavy (non-hydrogen) atoms. The molecule has 0 radical (unpaired) electrons. The first-order valence-corrected chi connectivity index (χ1v) is 5.80. The van der Waals surface area contributed by atoms with Crippen molar-refractivity contribution in [3.05, 3.63) is 40.4 Å². The Morgan fingerprint density at radius 2 is 1.87 bits per heavy atom. The van der Waals surface area contributed by atoms with Gasteiger partial charge in [0.25, 0.3) is 0 Å². The molecule has 78 valence electrons. The Bertz CT molecular complexity index is 454. The lowest BCUT2D eigenvalue weighted by Gasteiger charge is -2.01. The smallest absolute Gasteiger partial charge is 0.123 e. The highest BCUT2D eigenvalue weighted by Crippen LogP contribution is 2.25. The van der Waals surface area contributed by atoms with Crippen LogP contribution >= 0.6 is 11.3 Å². The number of rotatable bonds is 2. The van der Waals surface area contributed by atoms with E-state index in [1.165, 1.54) is 16.7 Å². The van der Waals surface area contributed by atoms with Crippen molar-refractivity contribution in [2.45, 2.75) is 20.4 Å². The Kier molecular flexibility index (Phi) is 2.84. The minimum Gasteiger partial charge on any atom is -0.325 e. The minimum atomic E-state index is 0.515. The third-order valence-corrected chi connectivity index (χ3v) is 3.17. The SMILES string of the molecule is Cc1cc(C)cc(-c2nc(CN)cs2)c1. The molecule has 2 N–H and O–H groups in total. The summed E-state index contributed by atoms with van der Waals surface area (Å²) in [5.41, 5.74) is 10.2. The molecule has 2 rings (SSSR count). The lowest BCUT2D eigenvalue weighted by Crippen LogP contribution is -1.95. The van der Waals surface area contributed by atoms with Gasteiger partial charge in [0.2, 0.25) is 0 Å². The van der Waals surface area contributed by atoms with Crippen molar-refractivity contribution in [2.24, 2.45) is 5.73 Å². The van der Waals surface area contributed by atoms with E-state index < -0.39 is 0 Å². The molecule has 0 spiro atoms. The van der Waals surface area contributed by atoms with E-state index in [1.54, 1.807) is 11.3 Å². The third kappa shape index (κ3) is 2.25. The van der Waals surface area contributed by atoms with Crippen LogP contribution in [0.15, 0.2) is 23.6 Å². The Balaban J connectivity index is 2.44. The number of nitrogens with two attached hydrogens (primary N) is 1. The van der Waals surface area contributed by atoms with E-state index in [4.69, 9.17) is 5.73 Å². The Morgan fingerprint density at radius 1 is 1.20 bits per heavy atom. The average Bonchev–Trinajstić information content (AvgIpc) is 2.64. The van der Waals surface area contributed by atoms with Crippen LogP contribution < -0.4 is 5.73 Å². The molecule has 2 aromatic rings. The molecule has 1 heterocycles. The van der Waals surface area contributed by atoms with Crippen molar-refractivity contribution < 1.29 is 0 Å². The molecule has 0 aliphatic heterocycles. The summed E-state index contributed by atoms with van der Waals surface area (Å²) in [6.45, 7) is 4.73. The van der Waals surface area contributed by atoms with Crippen molar-refractivity contribution in [3.63, 3.8) is 0 Å². The molecule has 0 atom stereocenters. The third-order valence-electron chi connectivity index (χ3n) is 2.23. The summed E-state index contributed by atoms with van der Waals surface area (Å²) in [6.07, 6.45) is 0. The number of aryl methyl sites for hydroxylation is 2. The summed E-state index contributed by atoms with van der Waals surface area (Å²) in [6, 6.07) is 6.49. The van der Waals surface area contributed by atoms with Crippen LogP contribution in [0.3, 0.4) is 0 Å². The predicted octanol–water partition coefficient (Wildman–Crippen LogP) is 2.89. The second kappa shape index (κ2) is 4.13. The molecular formula is C12H14N2S. The molecule has 0 aliphatic carbocycles. The molecular weight excluding hydrogens is 204 g/mol. The van der Waals surface area contributed by atoms with Gasteiger partial charge in [0, 0.05) is 17.5 Å².